The predicted octanol–water partition coefficient (Wildman–Crippen LogP) is 1.62. The van der Waals surface area contributed by atoms with E-state index in [9.17, 15) is 4.79 Å². The van der Waals surface area contributed by atoms with E-state index in [1.807, 2.05) is 17.2 Å². The fraction of sp³-hybridized carbons (Fsp3) is 0.500. The van der Waals surface area contributed by atoms with E-state index in [-0.39, 0.29) is 5.91 Å². The van der Waals surface area contributed by atoms with Crippen molar-refractivity contribution in [3.63, 3.8) is 0 Å². The number of nitrogens with two attached hydrogens (primary N) is 1. The molecule has 6 heteroatoms. The Labute approximate surface area is 141 Å². The quantitative estimate of drug-likeness (QED) is 0.923. The van der Waals surface area contributed by atoms with Gasteiger partial charge in [-0.15, -0.1) is 0 Å². The van der Waals surface area contributed by atoms with Crippen LogP contribution in [0.3, 0.4) is 0 Å². The summed E-state index contributed by atoms with van der Waals surface area (Å²) in [7, 11) is 0. The molecule has 2 aromatic rings. The minimum Gasteiger partial charge on any atom is -0.445 e. The summed E-state index contributed by atoms with van der Waals surface area (Å²) in [5, 5.41) is 0. The molecule has 2 aliphatic rings. The van der Waals surface area contributed by atoms with Crippen molar-refractivity contribution in [2.45, 2.75) is 50.6 Å². The second kappa shape index (κ2) is 6.02. The van der Waals surface area contributed by atoms with Crippen LogP contribution in [0.1, 0.15) is 42.2 Å². The number of amides is 1. The molecule has 1 fully saturated rings. The number of nitrogens with zero attached hydrogens (tertiary/aromatic N) is 3. The molecule has 0 atom stereocenters. The van der Waals surface area contributed by atoms with Crippen LogP contribution in [0.4, 0.5) is 0 Å². The van der Waals surface area contributed by atoms with Gasteiger partial charge in [-0.3, -0.25) is 9.78 Å². The van der Waals surface area contributed by atoms with Crippen molar-refractivity contribution in [1.29, 1.82) is 0 Å². The van der Waals surface area contributed by atoms with Gasteiger partial charge in [0.2, 0.25) is 5.91 Å². The lowest BCUT2D eigenvalue weighted by Crippen LogP contribution is -2.60. The number of pyridine rings is 1. The zero-order valence-corrected chi connectivity index (χ0v) is 13.7. The fourth-order valence-electron chi connectivity index (χ4n) is 3.42. The molecule has 126 valence electrons. The van der Waals surface area contributed by atoms with Crippen LogP contribution in [0.25, 0.3) is 0 Å². The Morgan fingerprint density at radius 3 is 2.96 bits per heavy atom. The van der Waals surface area contributed by atoms with Crippen LogP contribution in [0, 0.1) is 0 Å². The van der Waals surface area contributed by atoms with Gasteiger partial charge in [0, 0.05) is 31.8 Å². The van der Waals surface area contributed by atoms with E-state index >= 15 is 0 Å². The number of hydrogen-bond acceptors (Lipinski definition) is 5. The molecule has 0 bridgehead atoms. The average molecular weight is 326 g/mol. The first-order chi connectivity index (χ1) is 11.6. The van der Waals surface area contributed by atoms with Gasteiger partial charge in [-0.1, -0.05) is 6.07 Å². The number of carbonyl (C=O) groups is 1. The molecular weight excluding hydrogens is 304 g/mol. The third kappa shape index (κ3) is 2.82. The van der Waals surface area contributed by atoms with Gasteiger partial charge in [-0.2, -0.15) is 0 Å². The van der Waals surface area contributed by atoms with Crippen LogP contribution in [0.5, 0.6) is 0 Å². The first-order valence-corrected chi connectivity index (χ1v) is 8.59. The Bertz CT molecular complexity index is 737. The molecule has 1 amide bonds. The van der Waals surface area contributed by atoms with Gasteiger partial charge in [0.25, 0.3) is 0 Å². The van der Waals surface area contributed by atoms with Crippen LogP contribution >= 0.6 is 0 Å². The second-order valence-electron chi connectivity index (χ2n) is 6.83. The molecule has 6 nitrogen and oxygen atoms in total. The van der Waals surface area contributed by atoms with Gasteiger partial charge in [0.15, 0.2) is 5.89 Å². The smallest absolute Gasteiger partial charge is 0.243 e. The van der Waals surface area contributed by atoms with Crippen LogP contribution in [-0.2, 0) is 30.6 Å². The number of rotatable bonds is 4. The Kier molecular flexibility index (Phi) is 3.84. The highest BCUT2D eigenvalue weighted by molar-refractivity contribution is 5.87. The Morgan fingerprint density at radius 1 is 1.38 bits per heavy atom. The lowest BCUT2D eigenvalue weighted by atomic mass is 9.76. The molecule has 0 saturated heterocycles. The summed E-state index contributed by atoms with van der Waals surface area (Å²) in [5.74, 6) is 1.73. The van der Waals surface area contributed by atoms with E-state index in [4.69, 9.17) is 10.2 Å². The maximum absolute atomic E-state index is 12.6. The predicted molar refractivity (Wildman–Crippen MR) is 88.0 cm³/mol. The lowest BCUT2D eigenvalue weighted by molar-refractivity contribution is -0.141. The van der Waals surface area contributed by atoms with E-state index in [1.165, 1.54) is 5.56 Å². The van der Waals surface area contributed by atoms with Crippen LogP contribution < -0.4 is 5.73 Å². The number of hydrogen-bond donors (Lipinski definition) is 1. The summed E-state index contributed by atoms with van der Waals surface area (Å²) >= 11 is 0. The Morgan fingerprint density at radius 2 is 2.25 bits per heavy atom. The van der Waals surface area contributed by atoms with Crippen molar-refractivity contribution < 1.29 is 9.21 Å². The summed E-state index contributed by atoms with van der Waals surface area (Å²) in [4.78, 5) is 23.1. The first-order valence-electron chi connectivity index (χ1n) is 8.59. The number of fused-ring (bicyclic) bond motifs is 1. The van der Waals surface area contributed by atoms with E-state index in [2.05, 4.69) is 16.0 Å². The number of oxazole rings is 1. The molecule has 24 heavy (non-hydrogen) atoms. The third-order valence-electron chi connectivity index (χ3n) is 5.08. The summed E-state index contributed by atoms with van der Waals surface area (Å²) < 4.78 is 5.88. The molecule has 0 aromatic carbocycles. The highest BCUT2D eigenvalue weighted by atomic mass is 16.4. The Hall–Kier alpha value is -2.21. The zero-order chi connectivity index (χ0) is 16.6. The molecule has 1 aliphatic carbocycles. The third-order valence-corrected chi connectivity index (χ3v) is 5.08. The zero-order valence-electron chi connectivity index (χ0n) is 13.7. The fourth-order valence-corrected chi connectivity index (χ4v) is 3.42. The van der Waals surface area contributed by atoms with Gasteiger partial charge in [0.05, 0.1) is 12.1 Å². The molecule has 0 spiro atoms. The van der Waals surface area contributed by atoms with Crippen molar-refractivity contribution >= 4 is 5.91 Å². The molecule has 2 N–H and O–H groups in total. The largest absolute Gasteiger partial charge is 0.445 e. The molecule has 2 aromatic heterocycles. The number of aryl methyl sites for hydroxylation is 2. The monoisotopic (exact) mass is 326 g/mol. The SMILES string of the molecule is NC1(C(=O)N2CCc3oc(CCc4cccnc4)nc3C2)CCC1. The molecule has 0 unspecified atom stereocenters. The number of aromatic nitrogens is 2. The lowest BCUT2D eigenvalue weighted by Gasteiger charge is -2.41. The molecule has 0 radical (unpaired) electrons. The molecular formula is C18H22N4O2. The maximum atomic E-state index is 12.6. The van der Waals surface area contributed by atoms with Crippen molar-refractivity contribution in [2.75, 3.05) is 6.54 Å². The van der Waals surface area contributed by atoms with Crippen LogP contribution in [-0.4, -0.2) is 32.9 Å². The second-order valence-corrected chi connectivity index (χ2v) is 6.83. The minimum absolute atomic E-state index is 0.0688. The normalized spacial score (nSPS) is 18.8. The summed E-state index contributed by atoms with van der Waals surface area (Å²) in [6, 6.07) is 3.98. The van der Waals surface area contributed by atoms with Crippen molar-refractivity contribution in [2.24, 2.45) is 5.73 Å². The van der Waals surface area contributed by atoms with E-state index in [1.54, 1.807) is 6.20 Å². The average Bonchev–Trinajstić information content (AvgIpc) is 3.00. The van der Waals surface area contributed by atoms with Gasteiger partial charge >= 0.3 is 0 Å². The van der Waals surface area contributed by atoms with Crippen LogP contribution in [0.2, 0.25) is 0 Å². The molecule has 1 saturated carbocycles. The topological polar surface area (TPSA) is 85.3 Å². The Balaban J connectivity index is 1.41. The van der Waals surface area contributed by atoms with Crippen molar-refractivity contribution in [1.82, 2.24) is 14.9 Å². The highest BCUT2D eigenvalue weighted by Gasteiger charge is 2.43. The van der Waals surface area contributed by atoms with Gasteiger partial charge < -0.3 is 15.1 Å². The number of carbonyl (C=O) groups excluding carboxylic acids is 1. The van der Waals surface area contributed by atoms with E-state index in [0.29, 0.717) is 13.1 Å². The van der Waals surface area contributed by atoms with Crippen molar-refractivity contribution in [3.8, 4) is 0 Å². The van der Waals surface area contributed by atoms with Gasteiger partial charge in [-0.05, 0) is 37.3 Å². The summed E-state index contributed by atoms with van der Waals surface area (Å²) in [5.41, 5.74) is 7.59. The molecule has 1 aliphatic heterocycles. The molecule has 4 rings (SSSR count). The highest BCUT2D eigenvalue weighted by Crippen LogP contribution is 2.32. The van der Waals surface area contributed by atoms with E-state index < -0.39 is 5.54 Å². The maximum Gasteiger partial charge on any atom is 0.243 e. The molecule has 3 heterocycles. The van der Waals surface area contributed by atoms with Gasteiger partial charge in [-0.25, -0.2) is 4.98 Å². The summed E-state index contributed by atoms with van der Waals surface area (Å²) in [6.45, 7) is 1.19. The minimum atomic E-state index is -0.635. The first kappa shape index (κ1) is 15.3. The van der Waals surface area contributed by atoms with Crippen LogP contribution in [0.15, 0.2) is 28.9 Å². The van der Waals surface area contributed by atoms with Gasteiger partial charge in [0.1, 0.15) is 11.5 Å². The summed E-state index contributed by atoms with van der Waals surface area (Å²) in [6.07, 6.45) is 8.58. The standard InChI is InChI=1S/C18H22N4O2/c19-18(7-2-8-18)17(23)22-10-6-15-14(12-22)21-16(24-15)5-4-13-3-1-9-20-11-13/h1,3,9,11H,2,4-8,10,12,19H2. The van der Waals surface area contributed by atoms with E-state index in [0.717, 1.165) is 55.9 Å². The van der Waals surface area contributed by atoms with Crippen molar-refractivity contribution in [3.05, 3.63) is 47.4 Å².